The van der Waals surface area contributed by atoms with Gasteiger partial charge in [0.15, 0.2) is 0 Å². The highest BCUT2D eigenvalue weighted by molar-refractivity contribution is 6.29. The minimum atomic E-state index is 0.297. The largest absolute Gasteiger partial charge is 0.367 e. The summed E-state index contributed by atoms with van der Waals surface area (Å²) in [7, 11) is 0. The molecule has 0 spiro atoms. The molecule has 1 saturated carbocycles. The molecule has 1 aromatic rings. The van der Waals surface area contributed by atoms with Gasteiger partial charge in [-0.25, -0.2) is 9.97 Å². The van der Waals surface area contributed by atoms with Crippen molar-refractivity contribution in [3.8, 4) is 0 Å². The van der Waals surface area contributed by atoms with Gasteiger partial charge in [-0.2, -0.15) is 0 Å². The van der Waals surface area contributed by atoms with Crippen molar-refractivity contribution < 1.29 is 0 Å². The third-order valence-corrected chi connectivity index (χ3v) is 4.12. The van der Waals surface area contributed by atoms with E-state index in [4.69, 9.17) is 11.6 Å². The van der Waals surface area contributed by atoms with Crippen LogP contribution in [0, 0.1) is 5.92 Å². The Kier molecular flexibility index (Phi) is 5.03. The second-order valence-corrected chi connectivity index (χ2v) is 6.34. The van der Waals surface area contributed by atoms with Crippen LogP contribution < -0.4 is 5.32 Å². The minimum Gasteiger partial charge on any atom is -0.367 e. The number of nitrogens with one attached hydrogen (secondary N) is 1. The maximum absolute atomic E-state index is 6.09. The average molecular weight is 282 g/mol. The number of halogens is 1. The quantitative estimate of drug-likeness (QED) is 0.648. The Morgan fingerprint density at radius 2 is 1.95 bits per heavy atom. The molecule has 0 aromatic carbocycles. The smallest absolute Gasteiger partial charge is 0.135 e. The zero-order valence-corrected chi connectivity index (χ0v) is 12.9. The first-order chi connectivity index (χ1) is 9.06. The fraction of sp³-hybridized carbons (Fsp3) is 0.733. The third kappa shape index (κ3) is 4.07. The van der Waals surface area contributed by atoms with Gasteiger partial charge in [0, 0.05) is 18.0 Å². The lowest BCUT2D eigenvalue weighted by molar-refractivity contribution is 0.455. The van der Waals surface area contributed by atoms with Crippen molar-refractivity contribution in [3.63, 3.8) is 0 Å². The van der Waals surface area contributed by atoms with Gasteiger partial charge in [0.05, 0.1) is 0 Å². The zero-order valence-electron chi connectivity index (χ0n) is 12.1. The topological polar surface area (TPSA) is 37.8 Å². The lowest BCUT2D eigenvalue weighted by Crippen LogP contribution is -2.27. The highest BCUT2D eigenvalue weighted by Gasteiger charge is 2.20. The van der Waals surface area contributed by atoms with Gasteiger partial charge < -0.3 is 5.32 Å². The Labute approximate surface area is 121 Å². The van der Waals surface area contributed by atoms with Crippen LogP contribution in [0.1, 0.15) is 64.6 Å². The Bertz CT molecular complexity index is 420. The van der Waals surface area contributed by atoms with E-state index < -0.39 is 0 Å². The van der Waals surface area contributed by atoms with E-state index in [9.17, 15) is 0 Å². The van der Waals surface area contributed by atoms with Crippen LogP contribution >= 0.6 is 11.6 Å². The van der Waals surface area contributed by atoms with Crippen molar-refractivity contribution >= 4 is 17.4 Å². The van der Waals surface area contributed by atoms with Crippen molar-refractivity contribution in [3.05, 3.63) is 17.0 Å². The average Bonchev–Trinajstić information content (AvgIpc) is 2.54. The van der Waals surface area contributed by atoms with Crippen LogP contribution in [-0.2, 0) is 0 Å². The van der Waals surface area contributed by atoms with E-state index in [1.54, 1.807) is 0 Å². The molecular weight excluding hydrogens is 258 g/mol. The molecule has 0 amide bonds. The maximum Gasteiger partial charge on any atom is 0.135 e. The van der Waals surface area contributed by atoms with E-state index in [0.29, 0.717) is 23.0 Å². The summed E-state index contributed by atoms with van der Waals surface area (Å²) in [6, 6.07) is 2.35. The summed E-state index contributed by atoms with van der Waals surface area (Å²) in [6.07, 6.45) is 6.52. The SMILES string of the molecule is CC(C)c1nc(Cl)cc(NC2CCCCCC2C)n1. The van der Waals surface area contributed by atoms with Crippen LogP contribution in [0.5, 0.6) is 0 Å². The van der Waals surface area contributed by atoms with Gasteiger partial charge in [-0.1, -0.05) is 51.6 Å². The molecule has 1 aromatic heterocycles. The standard InChI is InChI=1S/C15H24ClN3/c1-10(2)15-18-13(16)9-14(19-15)17-12-8-6-4-5-7-11(12)3/h9-12H,4-8H2,1-3H3,(H,17,18,19). The van der Waals surface area contributed by atoms with Crippen LogP contribution in [-0.4, -0.2) is 16.0 Å². The van der Waals surface area contributed by atoms with Gasteiger partial charge in [0.2, 0.25) is 0 Å². The van der Waals surface area contributed by atoms with E-state index in [1.807, 2.05) is 6.07 Å². The summed E-state index contributed by atoms with van der Waals surface area (Å²) in [6.45, 7) is 6.50. The van der Waals surface area contributed by atoms with Crippen LogP contribution in [0.2, 0.25) is 5.15 Å². The highest BCUT2D eigenvalue weighted by atomic mass is 35.5. The molecule has 2 unspecified atom stereocenters. The monoisotopic (exact) mass is 281 g/mol. The van der Waals surface area contributed by atoms with Gasteiger partial charge in [0.25, 0.3) is 0 Å². The van der Waals surface area contributed by atoms with Crippen molar-refractivity contribution in [1.29, 1.82) is 0 Å². The normalized spacial score (nSPS) is 24.3. The summed E-state index contributed by atoms with van der Waals surface area (Å²) in [5.74, 6) is 2.68. The highest BCUT2D eigenvalue weighted by Crippen LogP contribution is 2.26. The Hall–Kier alpha value is -0.830. The molecule has 0 saturated heterocycles. The first-order valence-electron chi connectivity index (χ1n) is 7.37. The lowest BCUT2D eigenvalue weighted by Gasteiger charge is -2.23. The molecule has 1 aliphatic rings. The molecule has 3 nitrogen and oxygen atoms in total. The summed E-state index contributed by atoms with van der Waals surface area (Å²) < 4.78 is 0. The van der Waals surface area contributed by atoms with Crippen molar-refractivity contribution in [2.45, 2.75) is 64.8 Å². The third-order valence-electron chi connectivity index (χ3n) is 3.92. The van der Waals surface area contributed by atoms with E-state index in [2.05, 4.69) is 36.1 Å². The molecular formula is C15H24ClN3. The molecule has 1 heterocycles. The number of hydrogen-bond acceptors (Lipinski definition) is 3. The number of rotatable bonds is 3. The van der Waals surface area contributed by atoms with E-state index >= 15 is 0 Å². The molecule has 106 valence electrons. The van der Waals surface area contributed by atoms with Gasteiger partial charge in [-0.3, -0.25) is 0 Å². The molecule has 4 heteroatoms. The molecule has 19 heavy (non-hydrogen) atoms. The Balaban J connectivity index is 2.13. The molecule has 0 bridgehead atoms. The number of aromatic nitrogens is 2. The molecule has 2 atom stereocenters. The first kappa shape index (κ1) is 14.6. The fourth-order valence-electron chi connectivity index (χ4n) is 2.66. The summed E-state index contributed by atoms with van der Waals surface area (Å²) in [5.41, 5.74) is 0. The van der Waals surface area contributed by atoms with Crippen LogP contribution in [0.15, 0.2) is 6.07 Å². The number of nitrogens with zero attached hydrogens (tertiary/aromatic N) is 2. The van der Waals surface area contributed by atoms with E-state index in [-0.39, 0.29) is 0 Å². The predicted octanol–water partition coefficient (Wildman–Crippen LogP) is 4.63. The fourth-order valence-corrected chi connectivity index (χ4v) is 2.85. The zero-order chi connectivity index (χ0) is 13.8. The summed E-state index contributed by atoms with van der Waals surface area (Å²) in [4.78, 5) is 8.86. The molecule has 2 rings (SSSR count). The van der Waals surface area contributed by atoms with Crippen LogP contribution in [0.25, 0.3) is 0 Å². The van der Waals surface area contributed by atoms with Gasteiger partial charge in [-0.05, 0) is 18.8 Å². The Morgan fingerprint density at radius 3 is 2.68 bits per heavy atom. The van der Waals surface area contributed by atoms with Gasteiger partial charge >= 0.3 is 0 Å². The molecule has 1 fully saturated rings. The number of hydrogen-bond donors (Lipinski definition) is 1. The maximum atomic E-state index is 6.09. The van der Waals surface area contributed by atoms with E-state index in [0.717, 1.165) is 11.6 Å². The van der Waals surface area contributed by atoms with Crippen molar-refractivity contribution in [2.24, 2.45) is 5.92 Å². The van der Waals surface area contributed by atoms with Crippen molar-refractivity contribution in [1.82, 2.24) is 9.97 Å². The molecule has 1 aliphatic carbocycles. The molecule has 1 N–H and O–H groups in total. The molecule has 0 aliphatic heterocycles. The number of anilines is 1. The first-order valence-corrected chi connectivity index (χ1v) is 7.75. The second kappa shape index (κ2) is 6.56. The molecule has 0 radical (unpaired) electrons. The van der Waals surface area contributed by atoms with Gasteiger partial charge in [-0.15, -0.1) is 0 Å². The summed E-state index contributed by atoms with van der Waals surface area (Å²) >= 11 is 6.09. The second-order valence-electron chi connectivity index (χ2n) is 5.95. The van der Waals surface area contributed by atoms with Crippen LogP contribution in [0.3, 0.4) is 0 Å². The van der Waals surface area contributed by atoms with Crippen LogP contribution in [0.4, 0.5) is 5.82 Å². The Morgan fingerprint density at radius 1 is 1.21 bits per heavy atom. The predicted molar refractivity (Wildman–Crippen MR) is 80.8 cm³/mol. The van der Waals surface area contributed by atoms with Gasteiger partial charge in [0.1, 0.15) is 16.8 Å². The minimum absolute atomic E-state index is 0.297. The van der Waals surface area contributed by atoms with Crippen molar-refractivity contribution in [2.75, 3.05) is 5.32 Å². The van der Waals surface area contributed by atoms with E-state index in [1.165, 1.54) is 32.1 Å². The lowest BCUT2D eigenvalue weighted by atomic mass is 9.97. The summed E-state index contributed by atoms with van der Waals surface area (Å²) in [5, 5.41) is 4.10.